The van der Waals surface area contributed by atoms with E-state index in [0.29, 0.717) is 12.5 Å². The molecule has 3 nitrogen and oxygen atoms in total. The van der Waals surface area contributed by atoms with Gasteiger partial charge in [-0.1, -0.05) is 6.92 Å². The van der Waals surface area contributed by atoms with Crippen LogP contribution in [0.5, 0.6) is 0 Å². The average Bonchev–Trinajstić information content (AvgIpc) is 2.36. The summed E-state index contributed by atoms with van der Waals surface area (Å²) in [6.45, 7) is 6.11. The molecule has 1 aliphatic rings. The SMILES string of the molecule is CCOC(=O)[C@@H]1CNC[C@@H]1C. The van der Waals surface area contributed by atoms with Crippen molar-refractivity contribution in [2.75, 3.05) is 19.7 Å². The lowest BCUT2D eigenvalue weighted by Crippen LogP contribution is -2.23. The van der Waals surface area contributed by atoms with Gasteiger partial charge in [-0.15, -0.1) is 0 Å². The molecular weight excluding hydrogens is 142 g/mol. The maximum Gasteiger partial charge on any atom is 0.310 e. The van der Waals surface area contributed by atoms with Crippen LogP contribution in [0.25, 0.3) is 0 Å². The second kappa shape index (κ2) is 3.72. The molecule has 0 aromatic heterocycles. The Morgan fingerprint density at radius 3 is 2.82 bits per heavy atom. The van der Waals surface area contributed by atoms with Gasteiger partial charge in [0.1, 0.15) is 0 Å². The summed E-state index contributed by atoms with van der Waals surface area (Å²) >= 11 is 0. The van der Waals surface area contributed by atoms with E-state index in [2.05, 4.69) is 12.2 Å². The largest absolute Gasteiger partial charge is 0.466 e. The molecular formula is C8H15NO2. The summed E-state index contributed by atoms with van der Waals surface area (Å²) < 4.78 is 4.92. The first-order valence-corrected chi connectivity index (χ1v) is 4.13. The maximum atomic E-state index is 11.2. The number of carbonyl (C=O) groups excluding carboxylic acids is 1. The minimum Gasteiger partial charge on any atom is -0.466 e. The number of esters is 1. The van der Waals surface area contributed by atoms with E-state index in [-0.39, 0.29) is 11.9 Å². The fourth-order valence-electron chi connectivity index (χ4n) is 1.37. The predicted octanol–water partition coefficient (Wildman–Crippen LogP) is 0.405. The molecule has 64 valence electrons. The van der Waals surface area contributed by atoms with Gasteiger partial charge >= 0.3 is 5.97 Å². The molecule has 1 rings (SSSR count). The van der Waals surface area contributed by atoms with E-state index < -0.39 is 0 Å². The molecule has 0 aromatic rings. The summed E-state index contributed by atoms with van der Waals surface area (Å²) in [4.78, 5) is 11.2. The second-order valence-corrected chi connectivity index (χ2v) is 2.99. The van der Waals surface area contributed by atoms with Crippen LogP contribution in [0.3, 0.4) is 0 Å². The van der Waals surface area contributed by atoms with Crippen molar-refractivity contribution in [2.45, 2.75) is 13.8 Å². The van der Waals surface area contributed by atoms with Gasteiger partial charge in [0.25, 0.3) is 0 Å². The summed E-state index contributed by atoms with van der Waals surface area (Å²) in [5.41, 5.74) is 0. The third-order valence-electron chi connectivity index (χ3n) is 2.11. The number of hydrogen-bond acceptors (Lipinski definition) is 3. The van der Waals surface area contributed by atoms with Crippen LogP contribution in [0.15, 0.2) is 0 Å². The van der Waals surface area contributed by atoms with Crippen LogP contribution in [0.4, 0.5) is 0 Å². The number of nitrogens with one attached hydrogen (secondary N) is 1. The fraction of sp³-hybridized carbons (Fsp3) is 0.875. The zero-order chi connectivity index (χ0) is 8.27. The van der Waals surface area contributed by atoms with Gasteiger partial charge in [-0.05, 0) is 19.4 Å². The summed E-state index contributed by atoms with van der Waals surface area (Å²) in [5, 5.41) is 3.16. The first-order chi connectivity index (χ1) is 5.25. The summed E-state index contributed by atoms with van der Waals surface area (Å²) in [5.74, 6) is 0.453. The molecule has 0 saturated carbocycles. The molecule has 1 heterocycles. The zero-order valence-electron chi connectivity index (χ0n) is 7.09. The van der Waals surface area contributed by atoms with Crippen LogP contribution in [0, 0.1) is 11.8 Å². The van der Waals surface area contributed by atoms with Crippen molar-refractivity contribution in [1.82, 2.24) is 5.32 Å². The van der Waals surface area contributed by atoms with Crippen molar-refractivity contribution in [3.63, 3.8) is 0 Å². The molecule has 0 radical (unpaired) electrons. The van der Waals surface area contributed by atoms with Crippen LogP contribution in [0.2, 0.25) is 0 Å². The van der Waals surface area contributed by atoms with Gasteiger partial charge in [0.05, 0.1) is 12.5 Å². The quantitative estimate of drug-likeness (QED) is 0.590. The van der Waals surface area contributed by atoms with Crippen LogP contribution in [-0.4, -0.2) is 25.7 Å². The molecule has 0 bridgehead atoms. The summed E-state index contributed by atoms with van der Waals surface area (Å²) in [6, 6.07) is 0. The standard InChI is InChI=1S/C8H15NO2/c1-3-11-8(10)7-5-9-4-6(7)2/h6-7,9H,3-5H2,1-2H3/t6-,7+/m0/s1. The highest BCUT2D eigenvalue weighted by Crippen LogP contribution is 2.16. The van der Waals surface area contributed by atoms with Crippen LogP contribution in [-0.2, 0) is 9.53 Å². The molecule has 0 spiro atoms. The topological polar surface area (TPSA) is 38.3 Å². The lowest BCUT2D eigenvalue weighted by molar-refractivity contribution is -0.148. The number of ether oxygens (including phenoxy) is 1. The Morgan fingerprint density at radius 2 is 2.36 bits per heavy atom. The average molecular weight is 157 g/mol. The van der Waals surface area contributed by atoms with Gasteiger partial charge in [0, 0.05) is 6.54 Å². The van der Waals surface area contributed by atoms with E-state index in [9.17, 15) is 4.79 Å². The molecule has 11 heavy (non-hydrogen) atoms. The molecule has 2 atom stereocenters. The minimum absolute atomic E-state index is 0.0509. The third-order valence-corrected chi connectivity index (χ3v) is 2.11. The Morgan fingerprint density at radius 1 is 1.64 bits per heavy atom. The van der Waals surface area contributed by atoms with Crippen LogP contribution >= 0.6 is 0 Å². The molecule has 0 amide bonds. The smallest absolute Gasteiger partial charge is 0.310 e. The Kier molecular flexibility index (Phi) is 2.88. The molecule has 0 aromatic carbocycles. The van der Waals surface area contributed by atoms with Crippen LogP contribution in [0.1, 0.15) is 13.8 Å². The summed E-state index contributed by atoms with van der Waals surface area (Å²) in [7, 11) is 0. The van der Waals surface area contributed by atoms with Gasteiger partial charge in [-0.3, -0.25) is 4.79 Å². The predicted molar refractivity (Wildman–Crippen MR) is 42.2 cm³/mol. The molecule has 0 aliphatic carbocycles. The highest BCUT2D eigenvalue weighted by molar-refractivity contribution is 5.73. The first kappa shape index (κ1) is 8.53. The molecule has 1 saturated heterocycles. The van der Waals surface area contributed by atoms with Crippen molar-refractivity contribution in [3.05, 3.63) is 0 Å². The monoisotopic (exact) mass is 157 g/mol. The second-order valence-electron chi connectivity index (χ2n) is 2.99. The number of carbonyl (C=O) groups is 1. The van der Waals surface area contributed by atoms with Crippen molar-refractivity contribution in [1.29, 1.82) is 0 Å². The van der Waals surface area contributed by atoms with Crippen molar-refractivity contribution >= 4 is 5.97 Å². The Bertz CT molecular complexity index is 147. The molecule has 0 unspecified atom stereocenters. The molecule has 1 fully saturated rings. The van der Waals surface area contributed by atoms with Gasteiger partial charge < -0.3 is 10.1 Å². The highest BCUT2D eigenvalue weighted by Gasteiger charge is 2.30. The summed E-state index contributed by atoms with van der Waals surface area (Å²) in [6.07, 6.45) is 0. The van der Waals surface area contributed by atoms with E-state index in [1.54, 1.807) is 0 Å². The van der Waals surface area contributed by atoms with E-state index >= 15 is 0 Å². The minimum atomic E-state index is -0.0509. The van der Waals surface area contributed by atoms with E-state index in [0.717, 1.165) is 13.1 Å². The third kappa shape index (κ3) is 1.93. The van der Waals surface area contributed by atoms with Crippen molar-refractivity contribution < 1.29 is 9.53 Å². The molecule has 3 heteroatoms. The lowest BCUT2D eigenvalue weighted by Gasteiger charge is -2.11. The van der Waals surface area contributed by atoms with E-state index in [1.807, 2.05) is 6.92 Å². The van der Waals surface area contributed by atoms with E-state index in [1.165, 1.54) is 0 Å². The number of hydrogen-bond donors (Lipinski definition) is 1. The lowest BCUT2D eigenvalue weighted by atomic mass is 9.99. The number of rotatable bonds is 2. The highest BCUT2D eigenvalue weighted by atomic mass is 16.5. The molecule has 1 aliphatic heterocycles. The maximum absolute atomic E-state index is 11.2. The Labute approximate surface area is 67.1 Å². The normalized spacial score (nSPS) is 30.4. The van der Waals surface area contributed by atoms with Crippen LogP contribution < -0.4 is 5.32 Å². The van der Waals surface area contributed by atoms with Gasteiger partial charge in [-0.25, -0.2) is 0 Å². The first-order valence-electron chi connectivity index (χ1n) is 4.13. The Hall–Kier alpha value is -0.570. The fourth-order valence-corrected chi connectivity index (χ4v) is 1.37. The van der Waals surface area contributed by atoms with E-state index in [4.69, 9.17) is 4.74 Å². The zero-order valence-corrected chi connectivity index (χ0v) is 7.09. The van der Waals surface area contributed by atoms with Gasteiger partial charge in [0.2, 0.25) is 0 Å². The van der Waals surface area contributed by atoms with Gasteiger partial charge in [0.15, 0.2) is 0 Å². The van der Waals surface area contributed by atoms with Crippen molar-refractivity contribution in [2.24, 2.45) is 11.8 Å². The Balaban J connectivity index is 2.39. The van der Waals surface area contributed by atoms with Crippen molar-refractivity contribution in [3.8, 4) is 0 Å². The van der Waals surface area contributed by atoms with Gasteiger partial charge in [-0.2, -0.15) is 0 Å². The molecule has 1 N–H and O–H groups in total.